The minimum atomic E-state index is -0.00755. The van der Waals surface area contributed by atoms with Crippen molar-refractivity contribution < 1.29 is 9.47 Å². The Morgan fingerprint density at radius 1 is 1.39 bits per heavy atom. The average molecular weight is 312 g/mol. The lowest BCUT2D eigenvalue weighted by atomic mass is 9.88. The lowest BCUT2D eigenvalue weighted by molar-refractivity contribution is 0.0992. The van der Waals surface area contributed by atoms with Crippen LogP contribution < -0.4 is 10.5 Å². The Balaban J connectivity index is 1.96. The maximum Gasteiger partial charge on any atom is 0.127 e. The fraction of sp³-hybridized carbons (Fsp3) is 0.571. The molecule has 2 N–H and O–H groups in total. The van der Waals surface area contributed by atoms with Gasteiger partial charge in [0, 0.05) is 35.0 Å². The Morgan fingerprint density at radius 3 is 2.94 bits per heavy atom. The Kier molecular flexibility index (Phi) is 3.34. The third-order valence-corrected chi connectivity index (χ3v) is 4.49. The predicted molar refractivity (Wildman–Crippen MR) is 73.8 cm³/mol. The molecular formula is C14H18BrNO2. The van der Waals surface area contributed by atoms with Gasteiger partial charge in [0.05, 0.1) is 12.7 Å². The molecule has 3 unspecified atom stereocenters. The molecule has 0 aliphatic carbocycles. The van der Waals surface area contributed by atoms with Crippen molar-refractivity contribution in [3.63, 3.8) is 0 Å². The normalized spacial score (nSPS) is 27.9. The van der Waals surface area contributed by atoms with Crippen molar-refractivity contribution in [2.24, 2.45) is 11.7 Å². The molecule has 0 saturated carbocycles. The summed E-state index contributed by atoms with van der Waals surface area (Å²) < 4.78 is 12.5. The van der Waals surface area contributed by atoms with E-state index in [1.54, 1.807) is 0 Å². The summed E-state index contributed by atoms with van der Waals surface area (Å²) >= 11 is 3.57. The van der Waals surface area contributed by atoms with E-state index in [1.165, 1.54) is 5.56 Å². The second kappa shape index (κ2) is 4.83. The molecule has 0 bridgehead atoms. The lowest BCUT2D eigenvalue weighted by Crippen LogP contribution is -2.27. The molecule has 2 aliphatic heterocycles. The average Bonchev–Trinajstić information content (AvgIpc) is 2.95. The van der Waals surface area contributed by atoms with Crippen LogP contribution in [0.25, 0.3) is 0 Å². The van der Waals surface area contributed by atoms with Crippen LogP contribution >= 0.6 is 15.9 Å². The van der Waals surface area contributed by atoms with E-state index >= 15 is 0 Å². The van der Waals surface area contributed by atoms with Crippen LogP contribution in [0.2, 0.25) is 0 Å². The molecule has 3 rings (SSSR count). The maximum atomic E-state index is 6.45. The van der Waals surface area contributed by atoms with Crippen molar-refractivity contribution in [1.82, 2.24) is 0 Å². The molecule has 0 aromatic heterocycles. The van der Waals surface area contributed by atoms with Crippen molar-refractivity contribution in [2.75, 3.05) is 13.2 Å². The third kappa shape index (κ3) is 2.06. The summed E-state index contributed by atoms with van der Waals surface area (Å²) in [5.41, 5.74) is 8.84. The van der Waals surface area contributed by atoms with Crippen molar-refractivity contribution >= 4 is 15.9 Å². The lowest BCUT2D eigenvalue weighted by Gasteiger charge is -2.24. The van der Waals surface area contributed by atoms with Crippen LogP contribution in [-0.4, -0.2) is 19.3 Å². The van der Waals surface area contributed by atoms with Crippen LogP contribution in [0.1, 0.15) is 30.5 Å². The first kappa shape index (κ1) is 12.5. The molecule has 3 atom stereocenters. The monoisotopic (exact) mass is 311 g/mol. The Morgan fingerprint density at radius 2 is 2.22 bits per heavy atom. The Labute approximate surface area is 116 Å². The highest BCUT2D eigenvalue weighted by Crippen LogP contribution is 2.40. The van der Waals surface area contributed by atoms with E-state index < -0.39 is 0 Å². The molecular weight excluding hydrogens is 294 g/mol. The zero-order chi connectivity index (χ0) is 12.7. The van der Waals surface area contributed by atoms with Gasteiger partial charge in [0.1, 0.15) is 5.75 Å². The highest BCUT2D eigenvalue weighted by Gasteiger charge is 2.33. The van der Waals surface area contributed by atoms with Crippen LogP contribution in [0.3, 0.4) is 0 Å². The van der Waals surface area contributed by atoms with E-state index in [2.05, 4.69) is 35.0 Å². The first-order valence-corrected chi connectivity index (χ1v) is 7.28. The summed E-state index contributed by atoms with van der Waals surface area (Å²) in [6.45, 7) is 3.69. The van der Waals surface area contributed by atoms with E-state index in [0.29, 0.717) is 5.92 Å². The Bertz CT molecular complexity index is 463. The van der Waals surface area contributed by atoms with E-state index in [0.717, 1.165) is 41.8 Å². The number of rotatable bonds is 2. The molecule has 98 valence electrons. The predicted octanol–water partition coefficient (Wildman–Crippen LogP) is 2.81. The molecule has 0 radical (unpaired) electrons. The summed E-state index contributed by atoms with van der Waals surface area (Å²) in [6.07, 6.45) is 2.24. The number of halogens is 1. The minimum absolute atomic E-state index is 0.00755. The molecule has 1 aromatic rings. The van der Waals surface area contributed by atoms with Crippen molar-refractivity contribution in [3.8, 4) is 5.75 Å². The van der Waals surface area contributed by atoms with Gasteiger partial charge in [-0.15, -0.1) is 0 Å². The smallest absolute Gasteiger partial charge is 0.127 e. The molecule has 0 spiro atoms. The van der Waals surface area contributed by atoms with Gasteiger partial charge in [-0.2, -0.15) is 0 Å². The third-order valence-electron chi connectivity index (χ3n) is 4.03. The van der Waals surface area contributed by atoms with Gasteiger partial charge >= 0.3 is 0 Å². The summed E-state index contributed by atoms with van der Waals surface area (Å²) in [4.78, 5) is 0. The Hall–Kier alpha value is -0.580. The standard InChI is InChI=1S/C14H18BrNO2/c1-8-11(3-5-17-8)13(16)12-7-10(15)6-9-2-4-18-14(9)12/h6-8,11,13H,2-5,16H2,1H3. The quantitative estimate of drug-likeness (QED) is 0.913. The molecule has 2 heterocycles. The van der Waals surface area contributed by atoms with E-state index in [4.69, 9.17) is 15.2 Å². The van der Waals surface area contributed by atoms with Crippen molar-refractivity contribution in [1.29, 1.82) is 0 Å². The van der Waals surface area contributed by atoms with Gasteiger partial charge in [-0.3, -0.25) is 0 Å². The summed E-state index contributed by atoms with van der Waals surface area (Å²) in [6, 6.07) is 4.22. The summed E-state index contributed by atoms with van der Waals surface area (Å²) in [5.74, 6) is 1.39. The van der Waals surface area contributed by atoms with Gasteiger partial charge in [-0.05, 0) is 31.0 Å². The summed E-state index contributed by atoms with van der Waals surface area (Å²) in [7, 11) is 0. The second-order valence-electron chi connectivity index (χ2n) is 5.14. The van der Waals surface area contributed by atoms with Crippen LogP contribution in [0.5, 0.6) is 5.75 Å². The topological polar surface area (TPSA) is 44.5 Å². The number of hydrogen-bond donors (Lipinski definition) is 1. The van der Waals surface area contributed by atoms with Gasteiger partial charge in [0.2, 0.25) is 0 Å². The molecule has 2 aliphatic rings. The highest BCUT2D eigenvalue weighted by molar-refractivity contribution is 9.10. The molecule has 4 heteroatoms. The number of nitrogens with two attached hydrogens (primary N) is 1. The fourth-order valence-electron chi connectivity index (χ4n) is 3.00. The number of fused-ring (bicyclic) bond motifs is 1. The fourth-order valence-corrected chi connectivity index (χ4v) is 3.52. The maximum absolute atomic E-state index is 6.45. The van der Waals surface area contributed by atoms with E-state index in [9.17, 15) is 0 Å². The van der Waals surface area contributed by atoms with Gasteiger partial charge in [0.15, 0.2) is 0 Å². The van der Waals surface area contributed by atoms with Crippen LogP contribution in [0.15, 0.2) is 16.6 Å². The molecule has 3 nitrogen and oxygen atoms in total. The number of ether oxygens (including phenoxy) is 2. The SMILES string of the molecule is CC1OCCC1C(N)c1cc(Br)cc2c1OCC2. The van der Waals surface area contributed by atoms with E-state index in [-0.39, 0.29) is 12.1 Å². The van der Waals surface area contributed by atoms with E-state index in [1.807, 2.05) is 0 Å². The zero-order valence-electron chi connectivity index (χ0n) is 10.5. The number of benzene rings is 1. The van der Waals surface area contributed by atoms with Crippen LogP contribution in [-0.2, 0) is 11.2 Å². The van der Waals surface area contributed by atoms with Crippen molar-refractivity contribution in [2.45, 2.75) is 31.9 Å². The van der Waals surface area contributed by atoms with Gasteiger partial charge in [-0.1, -0.05) is 15.9 Å². The first-order valence-electron chi connectivity index (χ1n) is 6.49. The van der Waals surface area contributed by atoms with Crippen molar-refractivity contribution in [3.05, 3.63) is 27.7 Å². The van der Waals surface area contributed by atoms with Crippen LogP contribution in [0.4, 0.5) is 0 Å². The van der Waals surface area contributed by atoms with Crippen LogP contribution in [0, 0.1) is 5.92 Å². The van der Waals surface area contributed by atoms with Gasteiger partial charge < -0.3 is 15.2 Å². The molecule has 18 heavy (non-hydrogen) atoms. The second-order valence-corrected chi connectivity index (χ2v) is 6.05. The zero-order valence-corrected chi connectivity index (χ0v) is 12.1. The highest BCUT2D eigenvalue weighted by atomic mass is 79.9. The first-order chi connectivity index (χ1) is 8.66. The molecule has 1 saturated heterocycles. The summed E-state index contributed by atoms with van der Waals surface area (Å²) in [5, 5.41) is 0. The van der Waals surface area contributed by atoms with Gasteiger partial charge in [0.25, 0.3) is 0 Å². The van der Waals surface area contributed by atoms with Gasteiger partial charge in [-0.25, -0.2) is 0 Å². The number of hydrogen-bond acceptors (Lipinski definition) is 3. The minimum Gasteiger partial charge on any atom is -0.493 e. The molecule has 1 fully saturated rings. The largest absolute Gasteiger partial charge is 0.493 e. The molecule has 1 aromatic carbocycles. The molecule has 0 amide bonds.